The average Bonchev–Trinajstić information content (AvgIpc) is 3.86. The van der Waals surface area contributed by atoms with Gasteiger partial charge in [0.2, 0.25) is 12.5 Å². The first-order valence-electron chi connectivity index (χ1n) is 17.5. The van der Waals surface area contributed by atoms with E-state index in [0.717, 1.165) is 0 Å². The van der Waals surface area contributed by atoms with Gasteiger partial charge in [-0.25, -0.2) is 4.79 Å². The van der Waals surface area contributed by atoms with Crippen molar-refractivity contribution in [3.05, 3.63) is 41.0 Å². The van der Waals surface area contributed by atoms with Gasteiger partial charge in [0.05, 0.1) is 46.1 Å². The zero-order valence-electron chi connectivity index (χ0n) is 29.8. The van der Waals surface area contributed by atoms with Crippen molar-refractivity contribution < 1.29 is 76.6 Å². The molecule has 11 atom stereocenters. The van der Waals surface area contributed by atoms with E-state index in [0.29, 0.717) is 34.8 Å². The van der Waals surface area contributed by atoms with Crippen molar-refractivity contribution in [1.82, 2.24) is 5.32 Å². The van der Waals surface area contributed by atoms with Gasteiger partial charge in [0.15, 0.2) is 41.4 Å². The minimum absolute atomic E-state index is 0.00226. The Morgan fingerprint density at radius 3 is 2.34 bits per heavy atom. The van der Waals surface area contributed by atoms with Crippen molar-refractivity contribution in [1.29, 1.82) is 0 Å². The first-order valence-corrected chi connectivity index (χ1v) is 17.5. The van der Waals surface area contributed by atoms with E-state index in [1.807, 2.05) is 0 Å². The van der Waals surface area contributed by atoms with Crippen LogP contribution in [0.5, 0.6) is 28.7 Å². The lowest BCUT2D eigenvalue weighted by atomic mass is 9.66. The third kappa shape index (κ3) is 6.62. The molecule has 0 aromatic heterocycles. The molecule has 1 amide bonds. The van der Waals surface area contributed by atoms with E-state index in [1.54, 1.807) is 45.0 Å². The lowest BCUT2D eigenvalue weighted by molar-refractivity contribution is -0.364. The van der Waals surface area contributed by atoms with Crippen molar-refractivity contribution >= 4 is 12.1 Å². The molecule has 0 spiro atoms. The van der Waals surface area contributed by atoms with Crippen LogP contribution >= 0.6 is 0 Å². The average molecular weight is 746 g/mol. The number of esters is 1. The number of carbonyl (C=O) groups is 2. The number of aliphatic hydroxyl groups excluding tert-OH is 2. The predicted molar refractivity (Wildman–Crippen MR) is 176 cm³/mol. The summed E-state index contributed by atoms with van der Waals surface area (Å²) in [5, 5.41) is 24.9. The number of hydrogen-bond acceptors (Lipinski definition) is 16. The highest BCUT2D eigenvalue weighted by Crippen LogP contribution is 2.57. The van der Waals surface area contributed by atoms with Crippen LogP contribution < -0.4 is 29.0 Å². The summed E-state index contributed by atoms with van der Waals surface area (Å²) in [6.07, 6.45) is -8.18. The molecule has 0 bridgehead atoms. The molecule has 6 aliphatic rings. The Balaban J connectivity index is 1.12. The van der Waals surface area contributed by atoms with Crippen LogP contribution in [0.3, 0.4) is 0 Å². The number of aliphatic hydroxyl groups is 2. The van der Waals surface area contributed by atoms with Gasteiger partial charge >= 0.3 is 12.1 Å². The highest BCUT2D eigenvalue weighted by Gasteiger charge is 2.56. The van der Waals surface area contributed by atoms with Gasteiger partial charge < -0.3 is 72.4 Å². The molecule has 3 N–H and O–H groups in total. The Kier molecular flexibility index (Phi) is 9.55. The summed E-state index contributed by atoms with van der Waals surface area (Å²) < 4.78 is 69.6. The number of nitrogens with one attached hydrogen (secondary N) is 1. The lowest BCUT2D eigenvalue weighted by Gasteiger charge is -2.47. The lowest BCUT2D eigenvalue weighted by Crippen LogP contribution is -2.63. The number of amides is 1. The zero-order valence-corrected chi connectivity index (χ0v) is 29.8. The summed E-state index contributed by atoms with van der Waals surface area (Å²) in [5.74, 6) is -1.93. The van der Waals surface area contributed by atoms with Crippen LogP contribution in [-0.2, 0) is 38.0 Å². The highest BCUT2D eigenvalue weighted by atomic mass is 16.8. The van der Waals surface area contributed by atoms with Crippen LogP contribution in [0.1, 0.15) is 49.5 Å². The molecule has 5 heterocycles. The minimum atomic E-state index is -1.47. The van der Waals surface area contributed by atoms with Crippen LogP contribution in [0.4, 0.5) is 4.79 Å². The smallest absolute Gasteiger partial charge is 0.412 e. The fourth-order valence-corrected chi connectivity index (χ4v) is 8.01. The van der Waals surface area contributed by atoms with E-state index in [2.05, 4.69) is 5.32 Å². The second kappa shape index (κ2) is 14.0. The summed E-state index contributed by atoms with van der Waals surface area (Å²) in [6.45, 7) is 5.87. The topological polar surface area (TPSA) is 197 Å². The maximum atomic E-state index is 13.7. The second-order valence-electron chi connectivity index (χ2n) is 14.2. The molecular formula is C36H43NO16. The molecule has 0 radical (unpaired) electrons. The van der Waals surface area contributed by atoms with Gasteiger partial charge in [-0.15, -0.1) is 0 Å². The summed E-state index contributed by atoms with van der Waals surface area (Å²) in [4.78, 5) is 26.7. The van der Waals surface area contributed by atoms with Crippen LogP contribution in [0.25, 0.3) is 0 Å². The maximum Gasteiger partial charge on any atom is 0.412 e. The number of hydrogen-bond donors (Lipinski definition) is 3. The van der Waals surface area contributed by atoms with E-state index in [-0.39, 0.29) is 49.9 Å². The molecule has 5 aliphatic heterocycles. The van der Waals surface area contributed by atoms with Crippen molar-refractivity contribution in [3.63, 3.8) is 0 Å². The normalized spacial score (nSPS) is 35.1. The molecule has 288 valence electrons. The Labute approximate surface area is 304 Å². The summed E-state index contributed by atoms with van der Waals surface area (Å²) in [6, 6.07) is 6.94. The standard InChI is InChI=1S/C36H43NO16/c1-15-44-13-25-32(49-15)28(38)29(39)34(50-25)51-30-19-9-22-21(46-14-47-22)8-18(19)26(27-20(30)12-45-33(27)40)16-6-23(42-4)31(24(7-16)43-5)52-35(41)37-10-17-11-48-36(2,3)53-17/h6-9,15,17,20,25-30,32,34,38-39H,10-14H2,1-5H3,(H,37,41)/t15?,17?,20?,25?,26-,27?,28?,29?,30?,32?,34?/m1/s1. The number of fused-ring (bicyclic) bond motifs is 4. The van der Waals surface area contributed by atoms with Crippen molar-refractivity contribution in [2.75, 3.05) is 47.4 Å². The largest absolute Gasteiger partial charge is 0.493 e. The molecule has 4 saturated heterocycles. The van der Waals surface area contributed by atoms with Gasteiger partial charge in [-0.05, 0) is 61.7 Å². The minimum Gasteiger partial charge on any atom is -0.493 e. The molecule has 4 fully saturated rings. The van der Waals surface area contributed by atoms with Crippen LogP contribution in [-0.4, -0.2) is 119 Å². The molecular weight excluding hydrogens is 702 g/mol. The third-order valence-electron chi connectivity index (χ3n) is 10.5. The quantitative estimate of drug-likeness (QED) is 0.331. The Hall–Kier alpha value is -3.94. The van der Waals surface area contributed by atoms with Gasteiger partial charge in [-0.1, -0.05) is 0 Å². The molecule has 17 nitrogen and oxygen atoms in total. The number of cyclic esters (lactones) is 1. The molecule has 2 aromatic carbocycles. The zero-order chi connectivity index (χ0) is 37.2. The summed E-state index contributed by atoms with van der Waals surface area (Å²) in [5.41, 5.74) is 1.88. The van der Waals surface area contributed by atoms with Crippen molar-refractivity contribution in [2.45, 2.75) is 81.7 Å². The van der Waals surface area contributed by atoms with E-state index in [1.165, 1.54) is 14.2 Å². The fraction of sp³-hybridized carbons (Fsp3) is 0.611. The molecule has 10 unspecified atom stereocenters. The number of benzene rings is 2. The Morgan fingerprint density at radius 2 is 1.66 bits per heavy atom. The SMILES string of the molecule is COc1cc([C@@H]2c3cc4c(cc3C(OC3OC5COC(C)OC5C(O)C3O)C3COC(=O)C32)OCO4)cc(OC)c1OC(=O)NCC1COC(C)(C)O1. The van der Waals surface area contributed by atoms with Gasteiger partial charge in [-0.2, -0.15) is 0 Å². The second-order valence-corrected chi connectivity index (χ2v) is 14.2. The van der Waals surface area contributed by atoms with Crippen molar-refractivity contribution in [3.8, 4) is 28.7 Å². The van der Waals surface area contributed by atoms with E-state index >= 15 is 0 Å². The fourth-order valence-electron chi connectivity index (χ4n) is 8.01. The third-order valence-corrected chi connectivity index (χ3v) is 10.5. The van der Waals surface area contributed by atoms with Crippen LogP contribution in [0.15, 0.2) is 24.3 Å². The molecule has 53 heavy (non-hydrogen) atoms. The van der Waals surface area contributed by atoms with Gasteiger partial charge in [-0.3, -0.25) is 4.79 Å². The number of methoxy groups -OCH3 is 2. The van der Waals surface area contributed by atoms with E-state index < -0.39 is 78.7 Å². The molecule has 8 rings (SSSR count). The van der Waals surface area contributed by atoms with Crippen LogP contribution in [0.2, 0.25) is 0 Å². The molecule has 1 aliphatic carbocycles. The number of ether oxygens (including phenoxy) is 12. The van der Waals surface area contributed by atoms with Gasteiger partial charge in [0.1, 0.15) is 30.5 Å². The summed E-state index contributed by atoms with van der Waals surface area (Å²) >= 11 is 0. The van der Waals surface area contributed by atoms with Gasteiger partial charge in [0.25, 0.3) is 0 Å². The monoisotopic (exact) mass is 745 g/mol. The predicted octanol–water partition coefficient (Wildman–Crippen LogP) is 1.87. The van der Waals surface area contributed by atoms with E-state index in [4.69, 9.17) is 56.8 Å². The van der Waals surface area contributed by atoms with Crippen LogP contribution in [0, 0.1) is 11.8 Å². The Morgan fingerprint density at radius 1 is 0.943 bits per heavy atom. The van der Waals surface area contributed by atoms with Gasteiger partial charge in [0, 0.05) is 18.4 Å². The first kappa shape index (κ1) is 36.1. The maximum absolute atomic E-state index is 13.7. The number of rotatable bonds is 8. The Bertz CT molecular complexity index is 1710. The van der Waals surface area contributed by atoms with E-state index in [9.17, 15) is 19.8 Å². The molecule has 2 aromatic rings. The first-order chi connectivity index (χ1) is 25.4. The number of carbonyl (C=O) groups excluding carboxylic acids is 2. The molecule has 17 heteroatoms. The highest BCUT2D eigenvalue weighted by molar-refractivity contribution is 5.79. The van der Waals surface area contributed by atoms with Crippen molar-refractivity contribution in [2.24, 2.45) is 11.8 Å². The summed E-state index contributed by atoms with van der Waals surface area (Å²) in [7, 11) is 2.85. The molecule has 0 saturated carbocycles.